The van der Waals surface area contributed by atoms with Crippen molar-refractivity contribution in [2.24, 2.45) is 23.5 Å². The Morgan fingerprint density at radius 3 is 2.14 bits per heavy atom. The number of hydrogen-bond donors (Lipinski definition) is 2. The Labute approximate surface area is 87.9 Å². The molecule has 0 aliphatic heterocycles. The molecule has 1 fully saturated rings. The van der Waals surface area contributed by atoms with E-state index in [1.54, 1.807) is 0 Å². The second kappa shape index (κ2) is 4.63. The summed E-state index contributed by atoms with van der Waals surface area (Å²) >= 11 is 0. The summed E-state index contributed by atoms with van der Waals surface area (Å²) in [7, 11) is 0. The molecule has 14 heavy (non-hydrogen) atoms. The lowest BCUT2D eigenvalue weighted by atomic mass is 9.70. The summed E-state index contributed by atoms with van der Waals surface area (Å²) in [5.74, 6) is 1.81. The van der Waals surface area contributed by atoms with Crippen molar-refractivity contribution in [2.75, 3.05) is 6.54 Å². The molecule has 0 bridgehead atoms. The molecular weight excluding hydrogens is 174 g/mol. The fourth-order valence-corrected chi connectivity index (χ4v) is 2.52. The Kier molecular flexibility index (Phi) is 3.96. The van der Waals surface area contributed by atoms with Crippen molar-refractivity contribution in [3.8, 4) is 0 Å². The van der Waals surface area contributed by atoms with Crippen LogP contribution in [-0.2, 0) is 0 Å². The van der Waals surface area contributed by atoms with Gasteiger partial charge in [0.05, 0.1) is 5.60 Å². The van der Waals surface area contributed by atoms with E-state index in [9.17, 15) is 5.11 Å². The highest BCUT2D eigenvalue weighted by Gasteiger charge is 2.37. The molecular formula is C12H25NO. The average molecular weight is 199 g/mol. The van der Waals surface area contributed by atoms with Crippen LogP contribution in [0.5, 0.6) is 0 Å². The van der Waals surface area contributed by atoms with Crippen molar-refractivity contribution in [3.05, 3.63) is 0 Å². The largest absolute Gasteiger partial charge is 0.390 e. The van der Waals surface area contributed by atoms with Gasteiger partial charge in [-0.05, 0) is 50.0 Å². The third kappa shape index (κ3) is 2.48. The van der Waals surface area contributed by atoms with Crippen molar-refractivity contribution in [2.45, 2.75) is 52.1 Å². The minimum atomic E-state index is -0.472. The van der Waals surface area contributed by atoms with Crippen LogP contribution in [0, 0.1) is 17.8 Å². The lowest BCUT2D eigenvalue weighted by molar-refractivity contribution is -0.0548. The molecule has 0 saturated heterocycles. The van der Waals surface area contributed by atoms with Gasteiger partial charge in [-0.25, -0.2) is 0 Å². The molecule has 0 radical (unpaired) electrons. The fourth-order valence-electron chi connectivity index (χ4n) is 2.52. The zero-order valence-electron chi connectivity index (χ0n) is 9.79. The van der Waals surface area contributed by atoms with Gasteiger partial charge < -0.3 is 10.8 Å². The Morgan fingerprint density at radius 1 is 1.29 bits per heavy atom. The molecule has 1 aliphatic rings. The van der Waals surface area contributed by atoms with Crippen LogP contribution in [0.4, 0.5) is 0 Å². The minimum Gasteiger partial charge on any atom is -0.390 e. The van der Waals surface area contributed by atoms with Gasteiger partial charge in [-0.2, -0.15) is 0 Å². The molecule has 1 unspecified atom stereocenters. The third-order valence-electron chi connectivity index (χ3n) is 4.11. The van der Waals surface area contributed by atoms with Crippen molar-refractivity contribution < 1.29 is 5.11 Å². The van der Waals surface area contributed by atoms with Gasteiger partial charge in [0.1, 0.15) is 0 Å². The predicted octanol–water partition coefficient (Wildman–Crippen LogP) is 2.16. The maximum absolute atomic E-state index is 10.4. The maximum Gasteiger partial charge on any atom is 0.0685 e. The Bertz CT molecular complexity index is 171. The van der Waals surface area contributed by atoms with Crippen molar-refractivity contribution in [1.29, 1.82) is 0 Å². The molecule has 0 aromatic carbocycles. The molecule has 84 valence electrons. The monoisotopic (exact) mass is 199 g/mol. The van der Waals surface area contributed by atoms with E-state index >= 15 is 0 Å². The normalized spacial score (nSPS) is 36.0. The van der Waals surface area contributed by atoms with Crippen LogP contribution in [0.25, 0.3) is 0 Å². The summed E-state index contributed by atoms with van der Waals surface area (Å²) in [6.45, 7) is 7.22. The van der Waals surface area contributed by atoms with Gasteiger partial charge >= 0.3 is 0 Å². The molecule has 0 aromatic rings. The van der Waals surface area contributed by atoms with Crippen LogP contribution in [0.2, 0.25) is 0 Å². The molecule has 0 spiro atoms. The van der Waals surface area contributed by atoms with Crippen LogP contribution < -0.4 is 5.73 Å². The number of hydrogen-bond acceptors (Lipinski definition) is 2. The van der Waals surface area contributed by atoms with Crippen molar-refractivity contribution in [3.63, 3.8) is 0 Å². The van der Waals surface area contributed by atoms with Gasteiger partial charge in [-0.1, -0.05) is 20.8 Å². The van der Waals surface area contributed by atoms with Crippen LogP contribution in [-0.4, -0.2) is 17.3 Å². The van der Waals surface area contributed by atoms with Crippen LogP contribution in [0.1, 0.15) is 46.5 Å². The molecule has 0 amide bonds. The molecule has 1 saturated carbocycles. The van der Waals surface area contributed by atoms with Gasteiger partial charge in [-0.3, -0.25) is 0 Å². The average Bonchev–Trinajstić information content (AvgIpc) is 2.17. The summed E-state index contributed by atoms with van der Waals surface area (Å²) < 4.78 is 0. The molecule has 2 heteroatoms. The fraction of sp³-hybridized carbons (Fsp3) is 1.00. The van der Waals surface area contributed by atoms with E-state index in [0.717, 1.165) is 24.7 Å². The summed E-state index contributed by atoms with van der Waals surface area (Å²) in [4.78, 5) is 0. The van der Waals surface area contributed by atoms with Gasteiger partial charge in [0.25, 0.3) is 0 Å². The molecule has 0 heterocycles. The van der Waals surface area contributed by atoms with E-state index in [-0.39, 0.29) is 5.92 Å². The molecule has 1 rings (SSSR count). The zero-order valence-corrected chi connectivity index (χ0v) is 9.79. The van der Waals surface area contributed by atoms with Gasteiger partial charge in [0.15, 0.2) is 0 Å². The summed E-state index contributed by atoms with van der Waals surface area (Å²) in [5, 5.41) is 10.4. The van der Waals surface area contributed by atoms with E-state index in [2.05, 4.69) is 20.8 Å². The summed E-state index contributed by atoms with van der Waals surface area (Å²) in [6, 6.07) is 0. The lowest BCUT2D eigenvalue weighted by Crippen LogP contribution is -2.43. The first-order valence-electron chi connectivity index (χ1n) is 5.92. The summed E-state index contributed by atoms with van der Waals surface area (Å²) in [5.41, 5.74) is 5.15. The molecule has 2 nitrogen and oxygen atoms in total. The summed E-state index contributed by atoms with van der Waals surface area (Å²) in [6.07, 6.45) is 4.21. The van der Waals surface area contributed by atoms with Crippen molar-refractivity contribution >= 4 is 0 Å². The highest BCUT2D eigenvalue weighted by atomic mass is 16.3. The highest BCUT2D eigenvalue weighted by molar-refractivity contribution is 4.90. The van der Waals surface area contributed by atoms with Crippen molar-refractivity contribution in [1.82, 2.24) is 0 Å². The molecule has 1 aliphatic carbocycles. The second-order valence-corrected chi connectivity index (χ2v) is 5.32. The van der Waals surface area contributed by atoms with Gasteiger partial charge in [0, 0.05) is 0 Å². The Hall–Kier alpha value is -0.0800. The SMILES string of the molecule is CC(C)C1CCC(O)(C(C)CN)CC1. The Balaban J connectivity index is 2.48. The topological polar surface area (TPSA) is 46.2 Å². The van der Waals surface area contributed by atoms with E-state index in [0.29, 0.717) is 6.54 Å². The molecule has 3 N–H and O–H groups in total. The highest BCUT2D eigenvalue weighted by Crippen LogP contribution is 2.39. The van der Waals surface area contributed by atoms with E-state index in [1.807, 2.05) is 0 Å². The van der Waals surface area contributed by atoms with Crippen LogP contribution in [0.15, 0.2) is 0 Å². The second-order valence-electron chi connectivity index (χ2n) is 5.32. The standard InChI is InChI=1S/C12H25NO/c1-9(2)11-4-6-12(14,7-5-11)10(3)8-13/h9-11,14H,4-8,13H2,1-3H3. The number of rotatable bonds is 3. The van der Waals surface area contributed by atoms with Gasteiger partial charge in [0.2, 0.25) is 0 Å². The third-order valence-corrected chi connectivity index (χ3v) is 4.11. The van der Waals surface area contributed by atoms with Gasteiger partial charge in [-0.15, -0.1) is 0 Å². The van der Waals surface area contributed by atoms with E-state index in [4.69, 9.17) is 5.73 Å². The number of aliphatic hydroxyl groups is 1. The molecule has 1 atom stereocenters. The minimum absolute atomic E-state index is 0.246. The first-order valence-corrected chi connectivity index (χ1v) is 5.92. The lowest BCUT2D eigenvalue weighted by Gasteiger charge is -2.41. The van der Waals surface area contributed by atoms with Crippen LogP contribution >= 0.6 is 0 Å². The van der Waals surface area contributed by atoms with E-state index < -0.39 is 5.60 Å². The Morgan fingerprint density at radius 2 is 1.79 bits per heavy atom. The molecule has 0 aromatic heterocycles. The van der Waals surface area contributed by atoms with E-state index in [1.165, 1.54) is 12.8 Å². The first kappa shape index (κ1) is 12.0. The quantitative estimate of drug-likeness (QED) is 0.731. The maximum atomic E-state index is 10.4. The predicted molar refractivity (Wildman–Crippen MR) is 60.0 cm³/mol. The van der Waals surface area contributed by atoms with Crippen LogP contribution in [0.3, 0.4) is 0 Å². The smallest absolute Gasteiger partial charge is 0.0685 e. The first-order chi connectivity index (χ1) is 6.49. The zero-order chi connectivity index (χ0) is 10.8. The number of nitrogens with two attached hydrogens (primary N) is 1.